The van der Waals surface area contributed by atoms with Gasteiger partial charge in [-0.05, 0) is 66.3 Å². The first-order chi connectivity index (χ1) is 16.5. The van der Waals surface area contributed by atoms with Crippen molar-refractivity contribution in [3.05, 3.63) is 95.8 Å². The summed E-state index contributed by atoms with van der Waals surface area (Å²) in [5, 5.41) is 8.93. The van der Waals surface area contributed by atoms with Crippen LogP contribution in [-0.4, -0.2) is 36.1 Å². The molecule has 0 saturated heterocycles. The molecule has 0 aliphatic carbocycles. The molecule has 6 nitrogen and oxygen atoms in total. The Bertz CT molecular complexity index is 1120. The highest BCUT2D eigenvalue weighted by molar-refractivity contribution is 5.94. The number of nitrogens with zero attached hydrogens (tertiary/aromatic N) is 2. The number of allylic oxidation sites excluding steroid dienone is 1. The molecule has 6 heteroatoms. The first-order valence-electron chi connectivity index (χ1n) is 11.3. The quantitative estimate of drug-likeness (QED) is 0.391. The lowest BCUT2D eigenvalue weighted by atomic mass is 9.97. The highest BCUT2D eigenvalue weighted by Gasteiger charge is 2.13. The summed E-state index contributed by atoms with van der Waals surface area (Å²) in [6, 6.07) is 19.4. The largest absolute Gasteiger partial charge is 0.497 e. The lowest BCUT2D eigenvalue weighted by molar-refractivity contribution is -0.137. The third kappa shape index (κ3) is 7.04. The van der Waals surface area contributed by atoms with Crippen molar-refractivity contribution in [2.24, 2.45) is 0 Å². The minimum absolute atomic E-state index is 0.0290. The summed E-state index contributed by atoms with van der Waals surface area (Å²) in [5.74, 6) is 0.0267. The van der Waals surface area contributed by atoms with Gasteiger partial charge in [0.05, 0.1) is 7.11 Å². The van der Waals surface area contributed by atoms with Crippen molar-refractivity contribution in [2.75, 3.05) is 19.1 Å². The van der Waals surface area contributed by atoms with Gasteiger partial charge in [0.2, 0.25) is 5.91 Å². The lowest BCUT2D eigenvalue weighted by Crippen LogP contribution is -2.26. The van der Waals surface area contributed by atoms with Crippen molar-refractivity contribution in [1.82, 2.24) is 4.98 Å². The highest BCUT2D eigenvalue weighted by atomic mass is 16.5. The molecule has 1 aromatic heterocycles. The lowest BCUT2D eigenvalue weighted by Gasteiger charge is -2.19. The molecule has 0 aliphatic heterocycles. The van der Waals surface area contributed by atoms with Gasteiger partial charge in [0.25, 0.3) is 0 Å². The normalized spacial score (nSPS) is 11.2. The van der Waals surface area contributed by atoms with Crippen LogP contribution in [0.25, 0.3) is 5.57 Å². The molecule has 34 heavy (non-hydrogen) atoms. The van der Waals surface area contributed by atoms with Gasteiger partial charge in [-0.3, -0.25) is 14.6 Å². The second-order valence-electron chi connectivity index (χ2n) is 8.00. The summed E-state index contributed by atoms with van der Waals surface area (Å²) in [5.41, 5.74) is 4.76. The molecular weight excluding hydrogens is 428 g/mol. The number of pyridine rings is 1. The van der Waals surface area contributed by atoms with Gasteiger partial charge in [0.15, 0.2) is 0 Å². The average molecular weight is 459 g/mol. The molecule has 0 radical (unpaired) electrons. The maximum Gasteiger partial charge on any atom is 0.303 e. The van der Waals surface area contributed by atoms with Gasteiger partial charge >= 0.3 is 5.97 Å². The molecule has 0 spiro atoms. The fourth-order valence-corrected chi connectivity index (χ4v) is 3.66. The summed E-state index contributed by atoms with van der Waals surface area (Å²) >= 11 is 0. The number of hydrogen-bond donors (Lipinski definition) is 1. The molecule has 0 bridgehead atoms. The van der Waals surface area contributed by atoms with Crippen molar-refractivity contribution in [2.45, 2.75) is 32.1 Å². The molecular formula is C28H30N2O4. The van der Waals surface area contributed by atoms with E-state index in [4.69, 9.17) is 9.84 Å². The molecule has 176 valence electrons. The molecule has 1 amide bonds. The molecule has 0 fully saturated rings. The minimum atomic E-state index is -0.798. The van der Waals surface area contributed by atoms with Crippen molar-refractivity contribution < 1.29 is 19.4 Å². The molecule has 2 aromatic carbocycles. The molecule has 0 saturated carbocycles. The third-order valence-corrected chi connectivity index (χ3v) is 5.62. The number of ether oxygens (including phenoxy) is 1. The van der Waals surface area contributed by atoms with E-state index in [0.29, 0.717) is 25.7 Å². The van der Waals surface area contributed by atoms with E-state index in [1.54, 1.807) is 31.5 Å². The van der Waals surface area contributed by atoms with E-state index >= 15 is 0 Å². The van der Waals surface area contributed by atoms with E-state index in [1.807, 2.05) is 66.7 Å². The van der Waals surface area contributed by atoms with E-state index in [0.717, 1.165) is 33.7 Å². The number of carboxylic acids is 1. The monoisotopic (exact) mass is 458 g/mol. The predicted molar refractivity (Wildman–Crippen MR) is 134 cm³/mol. The fourth-order valence-electron chi connectivity index (χ4n) is 3.66. The number of anilines is 1. The van der Waals surface area contributed by atoms with E-state index in [-0.39, 0.29) is 12.3 Å². The van der Waals surface area contributed by atoms with Gasteiger partial charge in [-0.1, -0.05) is 36.4 Å². The summed E-state index contributed by atoms with van der Waals surface area (Å²) in [6.45, 7) is 0. The number of unbranched alkanes of at least 4 members (excludes halogenated alkanes) is 1. The van der Waals surface area contributed by atoms with Crippen LogP contribution in [0.4, 0.5) is 5.69 Å². The SMILES string of the molecule is COc1ccc(CCC(=O)N(C)c2cccc(/C(=C/CCCC(=O)O)c3cccnc3)c2)cc1. The Balaban J connectivity index is 1.74. The Morgan fingerprint density at radius 1 is 1.03 bits per heavy atom. The molecule has 1 N–H and O–H groups in total. The number of aromatic nitrogens is 1. The number of aliphatic carboxylic acids is 1. The van der Waals surface area contributed by atoms with E-state index < -0.39 is 5.97 Å². The van der Waals surface area contributed by atoms with Gasteiger partial charge in [-0.2, -0.15) is 0 Å². The van der Waals surface area contributed by atoms with E-state index in [9.17, 15) is 9.59 Å². The van der Waals surface area contributed by atoms with Crippen molar-refractivity contribution in [3.63, 3.8) is 0 Å². The number of carbonyl (C=O) groups is 2. The van der Waals surface area contributed by atoms with Crippen LogP contribution in [0.3, 0.4) is 0 Å². The molecule has 0 atom stereocenters. The van der Waals surface area contributed by atoms with Crippen LogP contribution in [-0.2, 0) is 16.0 Å². The summed E-state index contributed by atoms with van der Waals surface area (Å²) in [6.07, 6.45) is 7.92. The smallest absolute Gasteiger partial charge is 0.303 e. The zero-order chi connectivity index (χ0) is 24.3. The number of amides is 1. The fraction of sp³-hybridized carbons (Fsp3) is 0.250. The molecule has 3 aromatic rings. The Labute approximate surface area is 200 Å². The molecule has 0 aliphatic rings. The average Bonchev–Trinajstić information content (AvgIpc) is 2.87. The summed E-state index contributed by atoms with van der Waals surface area (Å²) in [7, 11) is 3.42. The molecule has 0 unspecified atom stereocenters. The van der Waals surface area contributed by atoms with Crippen LogP contribution < -0.4 is 9.64 Å². The number of methoxy groups -OCH3 is 1. The Kier molecular flexibility index (Phi) is 8.97. The second-order valence-corrected chi connectivity index (χ2v) is 8.00. The first kappa shape index (κ1) is 24.7. The number of carboxylic acid groups (broad SMARTS) is 1. The van der Waals surface area contributed by atoms with Gasteiger partial charge in [0.1, 0.15) is 5.75 Å². The maximum absolute atomic E-state index is 12.9. The predicted octanol–water partition coefficient (Wildman–Crippen LogP) is 5.37. The Hall–Kier alpha value is -3.93. The van der Waals surface area contributed by atoms with Crippen LogP contribution in [0.5, 0.6) is 5.75 Å². The van der Waals surface area contributed by atoms with Crippen LogP contribution in [0.2, 0.25) is 0 Å². The van der Waals surface area contributed by atoms with Crippen molar-refractivity contribution in [1.29, 1.82) is 0 Å². The van der Waals surface area contributed by atoms with Crippen LogP contribution >= 0.6 is 0 Å². The summed E-state index contributed by atoms with van der Waals surface area (Å²) in [4.78, 5) is 29.7. The van der Waals surface area contributed by atoms with Crippen LogP contribution in [0, 0.1) is 0 Å². The summed E-state index contributed by atoms with van der Waals surface area (Å²) < 4.78 is 5.18. The number of carbonyl (C=O) groups excluding carboxylic acids is 1. The maximum atomic E-state index is 12.9. The van der Waals surface area contributed by atoms with Crippen LogP contribution in [0.15, 0.2) is 79.1 Å². The zero-order valence-corrected chi connectivity index (χ0v) is 19.6. The number of rotatable bonds is 11. The second kappa shape index (κ2) is 12.3. The Morgan fingerprint density at radius 3 is 2.47 bits per heavy atom. The van der Waals surface area contributed by atoms with E-state index in [2.05, 4.69) is 4.98 Å². The zero-order valence-electron chi connectivity index (χ0n) is 19.6. The first-order valence-corrected chi connectivity index (χ1v) is 11.3. The standard InChI is InChI=1S/C28H30N2O4/c1-30(27(31)17-14-21-12-15-25(34-2)16-13-21)24-9-5-7-22(19-24)26(10-3-4-11-28(32)33)23-8-6-18-29-20-23/h5-10,12-13,15-16,18-20H,3-4,11,14,17H2,1-2H3,(H,32,33)/b26-10-. The van der Waals surface area contributed by atoms with Gasteiger partial charge in [-0.15, -0.1) is 0 Å². The molecule has 1 heterocycles. The molecule has 3 rings (SSSR count). The number of aryl methyl sites for hydroxylation is 1. The highest BCUT2D eigenvalue weighted by Crippen LogP contribution is 2.27. The van der Waals surface area contributed by atoms with Gasteiger partial charge in [-0.25, -0.2) is 0 Å². The van der Waals surface area contributed by atoms with Crippen LogP contribution in [0.1, 0.15) is 42.4 Å². The van der Waals surface area contributed by atoms with Gasteiger partial charge in [0, 0.05) is 43.5 Å². The minimum Gasteiger partial charge on any atom is -0.497 e. The van der Waals surface area contributed by atoms with Gasteiger partial charge < -0.3 is 14.7 Å². The van der Waals surface area contributed by atoms with E-state index in [1.165, 1.54) is 0 Å². The third-order valence-electron chi connectivity index (χ3n) is 5.62. The topological polar surface area (TPSA) is 79.7 Å². The number of benzene rings is 2. The van der Waals surface area contributed by atoms with Crippen molar-refractivity contribution in [3.8, 4) is 5.75 Å². The number of hydrogen-bond acceptors (Lipinski definition) is 4. The Morgan fingerprint density at radius 2 is 1.79 bits per heavy atom. The van der Waals surface area contributed by atoms with Crippen molar-refractivity contribution >= 4 is 23.1 Å².